The van der Waals surface area contributed by atoms with E-state index in [1.165, 1.54) is 0 Å². The maximum atomic E-state index is 13.0. The number of hydrogen-bond donors (Lipinski definition) is 2. The highest BCUT2D eigenvalue weighted by atomic mass is 79.9. The van der Waals surface area contributed by atoms with Gasteiger partial charge in [0, 0.05) is 0 Å². The van der Waals surface area contributed by atoms with Crippen molar-refractivity contribution in [1.82, 2.24) is 0 Å². The minimum absolute atomic E-state index is 0.303. The molecule has 0 saturated heterocycles. The monoisotopic (exact) mass is 218 g/mol. The average molecular weight is 219 g/mol. The third-order valence-electron chi connectivity index (χ3n) is 1.33. The molecule has 0 unspecified atom stereocenters. The Bertz CT molecular complexity index is 275. The first-order valence-electron chi connectivity index (χ1n) is 3.07. The van der Waals surface area contributed by atoms with E-state index in [2.05, 4.69) is 21.4 Å². The normalized spacial score (nSPS) is 9.82. The van der Waals surface area contributed by atoms with Crippen molar-refractivity contribution in [3.05, 3.63) is 28.0 Å². The number of rotatable bonds is 1. The van der Waals surface area contributed by atoms with Crippen LogP contribution in [0.25, 0.3) is 0 Å². The van der Waals surface area contributed by atoms with Crippen molar-refractivity contribution in [2.24, 2.45) is 5.84 Å². The minimum Gasteiger partial charge on any atom is -0.321 e. The number of anilines is 1. The van der Waals surface area contributed by atoms with Gasteiger partial charge in [-0.1, -0.05) is 0 Å². The standard InChI is InChI=1S/C7H8BrFN2/c1-4-2-5(8)7(9)6(3-4)11-10/h2-3,11H,10H2,1H3. The molecule has 60 valence electrons. The molecule has 1 aromatic rings. The van der Waals surface area contributed by atoms with Crippen molar-refractivity contribution in [2.75, 3.05) is 5.43 Å². The van der Waals surface area contributed by atoms with Gasteiger partial charge in [0.1, 0.15) is 0 Å². The summed E-state index contributed by atoms with van der Waals surface area (Å²) in [6.07, 6.45) is 0. The van der Waals surface area contributed by atoms with Gasteiger partial charge in [0.05, 0.1) is 10.2 Å². The second-order valence-corrected chi connectivity index (χ2v) is 3.11. The summed E-state index contributed by atoms with van der Waals surface area (Å²) in [7, 11) is 0. The molecule has 2 nitrogen and oxygen atoms in total. The molecule has 0 aliphatic rings. The van der Waals surface area contributed by atoms with Crippen molar-refractivity contribution < 1.29 is 4.39 Å². The Morgan fingerprint density at radius 2 is 2.18 bits per heavy atom. The maximum absolute atomic E-state index is 13.0. The molecule has 0 fully saturated rings. The Balaban J connectivity index is 3.24. The smallest absolute Gasteiger partial charge is 0.161 e. The number of nitrogens with two attached hydrogens (primary N) is 1. The van der Waals surface area contributed by atoms with E-state index >= 15 is 0 Å². The number of nitrogen functional groups attached to an aromatic ring is 1. The Labute approximate surface area is 72.7 Å². The first kappa shape index (κ1) is 8.49. The van der Waals surface area contributed by atoms with Gasteiger partial charge in [0.2, 0.25) is 0 Å². The van der Waals surface area contributed by atoms with Gasteiger partial charge in [0.25, 0.3) is 0 Å². The lowest BCUT2D eigenvalue weighted by Crippen LogP contribution is -2.08. The molecule has 0 atom stereocenters. The van der Waals surface area contributed by atoms with Crippen molar-refractivity contribution in [3.63, 3.8) is 0 Å². The number of hydrogen-bond acceptors (Lipinski definition) is 2. The Hall–Kier alpha value is -0.610. The number of aryl methyl sites for hydroxylation is 1. The van der Waals surface area contributed by atoms with E-state index in [0.29, 0.717) is 10.2 Å². The first-order chi connectivity index (χ1) is 5.15. The SMILES string of the molecule is Cc1cc(Br)c(F)c(NN)c1. The zero-order valence-corrected chi connectivity index (χ0v) is 7.57. The molecule has 1 aromatic carbocycles. The topological polar surface area (TPSA) is 38.0 Å². The molecule has 3 N–H and O–H groups in total. The van der Waals surface area contributed by atoms with Crippen LogP contribution in [0, 0.1) is 12.7 Å². The molecule has 0 aliphatic heterocycles. The fourth-order valence-corrected chi connectivity index (χ4v) is 1.40. The predicted molar refractivity (Wildman–Crippen MR) is 46.6 cm³/mol. The highest BCUT2D eigenvalue weighted by Gasteiger charge is 2.04. The van der Waals surface area contributed by atoms with Crippen LogP contribution in [0.1, 0.15) is 5.56 Å². The molecule has 0 aromatic heterocycles. The van der Waals surface area contributed by atoms with Crippen LogP contribution in [-0.2, 0) is 0 Å². The quantitative estimate of drug-likeness (QED) is 0.561. The number of halogens is 2. The third kappa shape index (κ3) is 1.70. The molecule has 11 heavy (non-hydrogen) atoms. The van der Waals surface area contributed by atoms with Crippen LogP contribution >= 0.6 is 15.9 Å². The second-order valence-electron chi connectivity index (χ2n) is 2.25. The van der Waals surface area contributed by atoms with Gasteiger partial charge in [-0.3, -0.25) is 5.84 Å². The zero-order valence-electron chi connectivity index (χ0n) is 5.99. The van der Waals surface area contributed by atoms with Gasteiger partial charge >= 0.3 is 0 Å². The van der Waals surface area contributed by atoms with Gasteiger partial charge in [-0.2, -0.15) is 0 Å². The van der Waals surface area contributed by atoms with Crippen molar-refractivity contribution in [3.8, 4) is 0 Å². The predicted octanol–water partition coefficient (Wildman–Crippen LogP) is 2.18. The summed E-state index contributed by atoms with van der Waals surface area (Å²) < 4.78 is 13.4. The molecular weight excluding hydrogens is 211 g/mol. The fourth-order valence-electron chi connectivity index (χ4n) is 0.830. The summed E-state index contributed by atoms with van der Waals surface area (Å²) in [5.41, 5.74) is 3.52. The van der Waals surface area contributed by atoms with E-state index in [1.54, 1.807) is 12.1 Å². The van der Waals surface area contributed by atoms with Crippen LogP contribution in [0.3, 0.4) is 0 Å². The second kappa shape index (κ2) is 3.19. The highest BCUT2D eigenvalue weighted by molar-refractivity contribution is 9.10. The van der Waals surface area contributed by atoms with E-state index in [-0.39, 0.29) is 5.82 Å². The maximum Gasteiger partial charge on any atom is 0.161 e. The molecule has 1 rings (SSSR count). The molecule has 0 aliphatic carbocycles. The van der Waals surface area contributed by atoms with Crippen LogP contribution in [0.2, 0.25) is 0 Å². The summed E-state index contributed by atoms with van der Waals surface area (Å²) in [5, 5.41) is 0. The lowest BCUT2D eigenvalue weighted by Gasteiger charge is -2.04. The lowest BCUT2D eigenvalue weighted by atomic mass is 10.2. The number of hydrazine groups is 1. The first-order valence-corrected chi connectivity index (χ1v) is 3.86. The summed E-state index contributed by atoms with van der Waals surface area (Å²) in [6, 6.07) is 3.33. The largest absolute Gasteiger partial charge is 0.321 e. The van der Waals surface area contributed by atoms with Gasteiger partial charge in [-0.25, -0.2) is 4.39 Å². The lowest BCUT2D eigenvalue weighted by molar-refractivity contribution is 0.623. The highest BCUT2D eigenvalue weighted by Crippen LogP contribution is 2.23. The molecule has 0 heterocycles. The van der Waals surface area contributed by atoms with Crippen LogP contribution < -0.4 is 11.3 Å². The van der Waals surface area contributed by atoms with Crippen molar-refractivity contribution >= 4 is 21.6 Å². The Morgan fingerprint density at radius 3 is 2.73 bits per heavy atom. The van der Waals surface area contributed by atoms with Crippen LogP contribution in [0.4, 0.5) is 10.1 Å². The van der Waals surface area contributed by atoms with E-state index in [4.69, 9.17) is 5.84 Å². The molecule has 4 heteroatoms. The van der Waals surface area contributed by atoms with Gasteiger partial charge in [-0.05, 0) is 40.5 Å². The van der Waals surface area contributed by atoms with E-state index < -0.39 is 0 Å². The zero-order chi connectivity index (χ0) is 8.43. The Morgan fingerprint density at radius 1 is 1.55 bits per heavy atom. The van der Waals surface area contributed by atoms with Gasteiger partial charge in [0.15, 0.2) is 5.82 Å². The number of nitrogens with one attached hydrogen (secondary N) is 1. The van der Waals surface area contributed by atoms with E-state index in [1.807, 2.05) is 6.92 Å². The fraction of sp³-hybridized carbons (Fsp3) is 0.143. The summed E-state index contributed by atoms with van der Waals surface area (Å²) in [4.78, 5) is 0. The van der Waals surface area contributed by atoms with Gasteiger partial charge < -0.3 is 5.43 Å². The van der Waals surface area contributed by atoms with Crippen molar-refractivity contribution in [2.45, 2.75) is 6.92 Å². The van der Waals surface area contributed by atoms with Crippen LogP contribution in [0.5, 0.6) is 0 Å². The molecule has 0 bridgehead atoms. The minimum atomic E-state index is -0.363. The molecular formula is C7H8BrFN2. The molecule has 0 radical (unpaired) electrons. The third-order valence-corrected chi connectivity index (χ3v) is 1.91. The van der Waals surface area contributed by atoms with E-state index in [9.17, 15) is 4.39 Å². The Kier molecular flexibility index (Phi) is 2.46. The molecule has 0 spiro atoms. The summed E-state index contributed by atoms with van der Waals surface area (Å²) >= 11 is 3.07. The van der Waals surface area contributed by atoms with Crippen molar-refractivity contribution in [1.29, 1.82) is 0 Å². The number of benzene rings is 1. The summed E-state index contributed by atoms with van der Waals surface area (Å²) in [5.74, 6) is 4.71. The van der Waals surface area contributed by atoms with Crippen LogP contribution in [-0.4, -0.2) is 0 Å². The van der Waals surface area contributed by atoms with E-state index in [0.717, 1.165) is 5.56 Å². The molecule has 0 saturated carbocycles. The van der Waals surface area contributed by atoms with Crippen LogP contribution in [0.15, 0.2) is 16.6 Å². The summed E-state index contributed by atoms with van der Waals surface area (Å²) in [6.45, 7) is 1.87. The average Bonchev–Trinajstić information content (AvgIpc) is 1.96. The molecule has 0 amide bonds. The van der Waals surface area contributed by atoms with Gasteiger partial charge in [-0.15, -0.1) is 0 Å².